The molecular weight excluding hydrogens is 410 g/mol. The predicted molar refractivity (Wildman–Crippen MR) is 123 cm³/mol. The molecule has 31 heavy (non-hydrogen) atoms. The normalized spacial score (nSPS) is 14.3. The number of pyridine rings is 1. The Labute approximate surface area is 185 Å². The van der Waals surface area contributed by atoms with E-state index in [9.17, 15) is 4.79 Å². The maximum atomic E-state index is 13.1. The zero-order valence-electron chi connectivity index (χ0n) is 17.2. The van der Waals surface area contributed by atoms with Crippen molar-refractivity contribution in [3.05, 3.63) is 83.0 Å². The van der Waals surface area contributed by atoms with E-state index in [1.165, 1.54) is 11.3 Å². The molecule has 0 unspecified atom stereocenters. The van der Waals surface area contributed by atoms with Crippen molar-refractivity contribution >= 4 is 28.8 Å². The number of aryl methyl sites for hydroxylation is 1. The van der Waals surface area contributed by atoms with Gasteiger partial charge in [0.15, 0.2) is 11.5 Å². The Morgan fingerprint density at radius 2 is 1.71 bits per heavy atom. The molecule has 1 saturated heterocycles. The molecule has 1 aliphatic rings. The monoisotopic (exact) mass is 431 g/mol. The summed E-state index contributed by atoms with van der Waals surface area (Å²) in [5.74, 6) is 0.724. The number of piperazine rings is 1. The minimum absolute atomic E-state index is 0.0263. The van der Waals surface area contributed by atoms with Gasteiger partial charge < -0.3 is 9.80 Å². The summed E-state index contributed by atoms with van der Waals surface area (Å²) in [6.07, 6.45) is 1.85. The van der Waals surface area contributed by atoms with E-state index >= 15 is 0 Å². The molecule has 2 aromatic heterocycles. The second-order valence-electron chi connectivity index (χ2n) is 7.79. The van der Waals surface area contributed by atoms with E-state index in [2.05, 4.69) is 46.3 Å². The summed E-state index contributed by atoms with van der Waals surface area (Å²) in [6.45, 7) is 5.11. The second kappa shape index (κ2) is 8.04. The molecule has 5 rings (SSSR count). The number of fused-ring (bicyclic) bond motifs is 1. The smallest absolute Gasteiger partial charge is 0.254 e. The van der Waals surface area contributed by atoms with Crippen LogP contribution in [0.1, 0.15) is 15.9 Å². The molecule has 0 atom stereocenters. The Balaban J connectivity index is 1.32. The summed E-state index contributed by atoms with van der Waals surface area (Å²) >= 11 is 6.11. The van der Waals surface area contributed by atoms with Crippen molar-refractivity contribution in [2.75, 3.05) is 31.1 Å². The lowest BCUT2D eigenvalue weighted by Gasteiger charge is -2.36. The Kier molecular flexibility index (Phi) is 5.08. The SMILES string of the molecule is Cc1ccc(N2CCN(C(=O)c3ccn4c(-c5cccc(Cl)c5)nnc4c3)CC2)cc1. The molecule has 3 heterocycles. The average Bonchev–Trinajstić information content (AvgIpc) is 3.23. The Morgan fingerprint density at radius 3 is 2.45 bits per heavy atom. The van der Waals surface area contributed by atoms with Crippen molar-refractivity contribution < 1.29 is 4.79 Å². The molecule has 6 nitrogen and oxygen atoms in total. The number of rotatable bonds is 3. The number of nitrogens with zero attached hydrogens (tertiary/aromatic N) is 5. The maximum absolute atomic E-state index is 13.1. The van der Waals surface area contributed by atoms with E-state index in [0.717, 1.165) is 18.7 Å². The number of aromatic nitrogens is 3. The molecule has 0 bridgehead atoms. The van der Waals surface area contributed by atoms with Gasteiger partial charge >= 0.3 is 0 Å². The van der Waals surface area contributed by atoms with E-state index in [0.29, 0.717) is 35.1 Å². The largest absolute Gasteiger partial charge is 0.368 e. The lowest BCUT2D eigenvalue weighted by molar-refractivity contribution is 0.0747. The molecule has 1 amide bonds. The number of amides is 1. The standard InChI is InChI=1S/C24H22ClN5O/c1-17-5-7-21(8-6-17)28-11-13-29(14-12-28)24(31)19-9-10-30-22(16-19)26-27-23(30)18-3-2-4-20(25)15-18/h2-10,15-16H,11-14H2,1H3. The van der Waals surface area contributed by atoms with Gasteiger partial charge in [-0.1, -0.05) is 41.4 Å². The molecule has 1 aliphatic heterocycles. The topological polar surface area (TPSA) is 53.7 Å². The zero-order valence-corrected chi connectivity index (χ0v) is 18.0. The third-order valence-electron chi connectivity index (χ3n) is 5.71. The first-order valence-corrected chi connectivity index (χ1v) is 10.7. The van der Waals surface area contributed by atoms with Gasteiger partial charge in [-0.15, -0.1) is 10.2 Å². The van der Waals surface area contributed by atoms with Gasteiger partial charge in [-0.2, -0.15) is 0 Å². The zero-order chi connectivity index (χ0) is 21.4. The summed E-state index contributed by atoms with van der Waals surface area (Å²) in [7, 11) is 0. The van der Waals surface area contributed by atoms with Crippen LogP contribution in [0.3, 0.4) is 0 Å². The van der Waals surface area contributed by atoms with Gasteiger partial charge in [-0.25, -0.2) is 0 Å². The third-order valence-corrected chi connectivity index (χ3v) is 5.94. The van der Waals surface area contributed by atoms with Crippen LogP contribution < -0.4 is 4.90 Å². The number of halogens is 1. The van der Waals surface area contributed by atoms with Gasteiger partial charge in [0.2, 0.25) is 0 Å². The van der Waals surface area contributed by atoms with Crippen LogP contribution in [0.2, 0.25) is 5.02 Å². The van der Waals surface area contributed by atoms with Crippen LogP contribution in [0, 0.1) is 6.92 Å². The number of carbonyl (C=O) groups excluding carboxylic acids is 1. The Bertz CT molecular complexity index is 1240. The fourth-order valence-electron chi connectivity index (χ4n) is 3.95. The van der Waals surface area contributed by atoms with E-state index in [-0.39, 0.29) is 5.91 Å². The average molecular weight is 432 g/mol. The van der Waals surface area contributed by atoms with Crippen molar-refractivity contribution in [2.24, 2.45) is 0 Å². The molecule has 2 aromatic carbocycles. The molecule has 0 radical (unpaired) electrons. The molecule has 0 saturated carbocycles. The van der Waals surface area contributed by atoms with Crippen molar-refractivity contribution in [1.29, 1.82) is 0 Å². The molecular formula is C24H22ClN5O. The Morgan fingerprint density at radius 1 is 0.935 bits per heavy atom. The summed E-state index contributed by atoms with van der Waals surface area (Å²) in [5.41, 5.74) is 4.60. The van der Waals surface area contributed by atoms with E-state index in [4.69, 9.17) is 11.6 Å². The van der Waals surface area contributed by atoms with Crippen LogP contribution in [-0.4, -0.2) is 51.6 Å². The first kappa shape index (κ1) is 19.6. The highest BCUT2D eigenvalue weighted by atomic mass is 35.5. The second-order valence-corrected chi connectivity index (χ2v) is 8.23. The van der Waals surface area contributed by atoms with Crippen LogP contribution in [0.4, 0.5) is 5.69 Å². The van der Waals surface area contributed by atoms with Crippen molar-refractivity contribution in [3.63, 3.8) is 0 Å². The third kappa shape index (κ3) is 3.86. The first-order valence-electron chi connectivity index (χ1n) is 10.3. The quantitative estimate of drug-likeness (QED) is 0.484. The van der Waals surface area contributed by atoms with E-state index in [1.807, 2.05) is 45.8 Å². The lowest BCUT2D eigenvalue weighted by atomic mass is 10.1. The maximum Gasteiger partial charge on any atom is 0.254 e. The highest BCUT2D eigenvalue weighted by Gasteiger charge is 2.23. The molecule has 1 fully saturated rings. The number of hydrogen-bond acceptors (Lipinski definition) is 4. The number of benzene rings is 2. The minimum atomic E-state index is 0.0263. The van der Waals surface area contributed by atoms with Crippen LogP contribution in [0.5, 0.6) is 0 Å². The van der Waals surface area contributed by atoms with Crippen LogP contribution >= 0.6 is 11.6 Å². The molecule has 7 heteroatoms. The van der Waals surface area contributed by atoms with Gasteiger partial charge in [0, 0.05) is 54.2 Å². The summed E-state index contributed by atoms with van der Waals surface area (Å²) in [5, 5.41) is 9.20. The van der Waals surface area contributed by atoms with Crippen LogP contribution in [0.15, 0.2) is 66.9 Å². The minimum Gasteiger partial charge on any atom is -0.368 e. The molecule has 0 spiro atoms. The van der Waals surface area contributed by atoms with Gasteiger partial charge in [-0.3, -0.25) is 9.20 Å². The predicted octanol–water partition coefficient (Wildman–Crippen LogP) is 4.32. The molecule has 0 aliphatic carbocycles. The first-order chi connectivity index (χ1) is 15.1. The number of hydrogen-bond donors (Lipinski definition) is 0. The van der Waals surface area contributed by atoms with Crippen molar-refractivity contribution in [1.82, 2.24) is 19.5 Å². The summed E-state index contributed by atoms with van der Waals surface area (Å²) < 4.78 is 1.87. The van der Waals surface area contributed by atoms with Crippen LogP contribution in [0.25, 0.3) is 17.0 Å². The van der Waals surface area contributed by atoms with Crippen molar-refractivity contribution in [2.45, 2.75) is 6.92 Å². The molecule has 156 valence electrons. The van der Waals surface area contributed by atoms with E-state index in [1.54, 1.807) is 6.07 Å². The van der Waals surface area contributed by atoms with Gasteiger partial charge in [0.25, 0.3) is 5.91 Å². The highest BCUT2D eigenvalue weighted by molar-refractivity contribution is 6.30. The summed E-state index contributed by atoms with van der Waals surface area (Å²) in [4.78, 5) is 17.3. The molecule has 4 aromatic rings. The fraction of sp³-hybridized carbons (Fsp3) is 0.208. The Hall–Kier alpha value is -3.38. The van der Waals surface area contributed by atoms with Gasteiger partial charge in [0.05, 0.1) is 0 Å². The molecule has 0 N–H and O–H groups in total. The fourth-order valence-corrected chi connectivity index (χ4v) is 4.14. The van der Waals surface area contributed by atoms with Crippen LogP contribution in [-0.2, 0) is 0 Å². The van der Waals surface area contributed by atoms with E-state index < -0.39 is 0 Å². The van der Waals surface area contributed by atoms with Crippen molar-refractivity contribution in [3.8, 4) is 11.4 Å². The highest BCUT2D eigenvalue weighted by Crippen LogP contribution is 2.23. The number of carbonyl (C=O) groups is 1. The summed E-state index contributed by atoms with van der Waals surface area (Å²) in [6, 6.07) is 19.7. The van der Waals surface area contributed by atoms with Gasteiger partial charge in [-0.05, 0) is 43.3 Å². The van der Waals surface area contributed by atoms with Gasteiger partial charge in [0.1, 0.15) is 0 Å². The number of anilines is 1. The lowest BCUT2D eigenvalue weighted by Crippen LogP contribution is -2.48.